The molecule has 84 valence electrons. The van der Waals surface area contributed by atoms with Crippen LogP contribution in [0.15, 0.2) is 34.1 Å². The van der Waals surface area contributed by atoms with Gasteiger partial charge in [0.25, 0.3) is 0 Å². The fraction of sp³-hybridized carbons (Fsp3) is 0.200. The molecule has 0 saturated carbocycles. The summed E-state index contributed by atoms with van der Waals surface area (Å²) in [6, 6.07) is 7.71. The molecule has 16 heavy (non-hydrogen) atoms. The van der Waals surface area contributed by atoms with Gasteiger partial charge < -0.3 is 5.32 Å². The Labute approximate surface area is 107 Å². The van der Waals surface area contributed by atoms with Crippen molar-refractivity contribution in [3.05, 3.63) is 34.8 Å². The molecular weight excluding hydrogens is 262 g/mol. The average molecular weight is 272 g/mol. The molecule has 0 radical (unpaired) electrons. The molecule has 0 aliphatic rings. The zero-order chi connectivity index (χ0) is 11.2. The topological polar surface area (TPSA) is 37.8 Å². The van der Waals surface area contributed by atoms with E-state index < -0.39 is 0 Å². The lowest BCUT2D eigenvalue weighted by Crippen LogP contribution is -2.03. The maximum Gasteiger partial charge on any atom is 0.174 e. The van der Waals surface area contributed by atoms with Crippen molar-refractivity contribution in [2.75, 3.05) is 17.6 Å². The van der Waals surface area contributed by atoms with Crippen molar-refractivity contribution in [2.24, 2.45) is 0 Å². The van der Waals surface area contributed by atoms with E-state index >= 15 is 0 Å². The van der Waals surface area contributed by atoms with Gasteiger partial charge in [0.1, 0.15) is 5.51 Å². The van der Waals surface area contributed by atoms with Crippen LogP contribution in [0.2, 0.25) is 5.02 Å². The number of hydrogen-bond donors (Lipinski definition) is 1. The van der Waals surface area contributed by atoms with Crippen LogP contribution in [0.1, 0.15) is 0 Å². The Morgan fingerprint density at radius 2 is 2.38 bits per heavy atom. The van der Waals surface area contributed by atoms with Crippen LogP contribution in [0.3, 0.4) is 0 Å². The molecule has 3 nitrogen and oxygen atoms in total. The minimum Gasteiger partial charge on any atom is -0.384 e. The molecule has 1 N–H and O–H groups in total. The first-order valence-corrected chi connectivity index (χ1v) is 6.97. The molecule has 0 aliphatic carbocycles. The normalized spacial score (nSPS) is 10.3. The molecular formula is C10H10ClN3S2. The van der Waals surface area contributed by atoms with Crippen molar-refractivity contribution < 1.29 is 0 Å². The Balaban J connectivity index is 1.72. The molecule has 0 spiro atoms. The van der Waals surface area contributed by atoms with Crippen LogP contribution in [0.5, 0.6) is 0 Å². The fourth-order valence-corrected chi connectivity index (χ4v) is 2.76. The van der Waals surface area contributed by atoms with Gasteiger partial charge >= 0.3 is 0 Å². The number of thioether (sulfide) groups is 1. The van der Waals surface area contributed by atoms with Gasteiger partial charge in [0.2, 0.25) is 0 Å². The summed E-state index contributed by atoms with van der Waals surface area (Å²) in [6.07, 6.45) is 0. The van der Waals surface area contributed by atoms with Crippen molar-refractivity contribution in [3.63, 3.8) is 0 Å². The van der Waals surface area contributed by atoms with E-state index in [0.717, 1.165) is 27.3 Å². The van der Waals surface area contributed by atoms with Crippen molar-refractivity contribution in [1.29, 1.82) is 0 Å². The third-order valence-corrected chi connectivity index (χ3v) is 3.92. The molecule has 1 heterocycles. The number of hydrogen-bond acceptors (Lipinski definition) is 5. The minimum absolute atomic E-state index is 0.752. The second kappa shape index (κ2) is 6.08. The molecule has 0 atom stereocenters. The first-order valence-electron chi connectivity index (χ1n) is 4.73. The maximum atomic E-state index is 5.88. The molecule has 0 aliphatic heterocycles. The first kappa shape index (κ1) is 11.7. The molecule has 0 unspecified atom stereocenters. The predicted molar refractivity (Wildman–Crippen MR) is 70.6 cm³/mol. The summed E-state index contributed by atoms with van der Waals surface area (Å²) in [4.78, 5) is 0. The summed E-state index contributed by atoms with van der Waals surface area (Å²) in [5, 5.41) is 11.8. The zero-order valence-corrected chi connectivity index (χ0v) is 10.8. The van der Waals surface area contributed by atoms with Gasteiger partial charge in [-0.3, -0.25) is 0 Å². The van der Waals surface area contributed by atoms with E-state index in [1.54, 1.807) is 28.6 Å². The van der Waals surface area contributed by atoms with Crippen LogP contribution >= 0.6 is 34.7 Å². The average Bonchev–Trinajstić information content (AvgIpc) is 2.77. The van der Waals surface area contributed by atoms with Crippen LogP contribution in [0.4, 0.5) is 5.69 Å². The lowest BCUT2D eigenvalue weighted by Gasteiger charge is -2.05. The van der Waals surface area contributed by atoms with Gasteiger partial charge in [-0.25, -0.2) is 0 Å². The number of nitrogens with one attached hydrogen (secondary N) is 1. The number of halogens is 1. The minimum atomic E-state index is 0.752. The number of rotatable bonds is 5. The Morgan fingerprint density at radius 3 is 3.12 bits per heavy atom. The Hall–Kier alpha value is -0.780. The van der Waals surface area contributed by atoms with E-state index in [4.69, 9.17) is 11.6 Å². The molecule has 0 amide bonds. The largest absolute Gasteiger partial charge is 0.384 e. The molecule has 6 heteroatoms. The highest BCUT2D eigenvalue weighted by Gasteiger charge is 1.97. The molecule has 1 aromatic heterocycles. The lowest BCUT2D eigenvalue weighted by atomic mass is 10.3. The van der Waals surface area contributed by atoms with Crippen LogP contribution in [0, 0.1) is 0 Å². The van der Waals surface area contributed by atoms with E-state index in [9.17, 15) is 0 Å². The van der Waals surface area contributed by atoms with Gasteiger partial charge in [0.05, 0.1) is 0 Å². The van der Waals surface area contributed by atoms with Crippen molar-refractivity contribution in [3.8, 4) is 0 Å². The van der Waals surface area contributed by atoms with Crippen LogP contribution in [-0.4, -0.2) is 22.5 Å². The van der Waals surface area contributed by atoms with Gasteiger partial charge in [0, 0.05) is 23.0 Å². The first-order chi connectivity index (χ1) is 7.84. The molecule has 0 bridgehead atoms. The molecule has 1 aromatic carbocycles. The molecule has 0 saturated heterocycles. The van der Waals surface area contributed by atoms with Gasteiger partial charge in [0.15, 0.2) is 4.34 Å². The summed E-state index contributed by atoms with van der Waals surface area (Å²) in [7, 11) is 0. The number of aromatic nitrogens is 2. The van der Waals surface area contributed by atoms with E-state index in [-0.39, 0.29) is 0 Å². The van der Waals surface area contributed by atoms with Crippen LogP contribution in [-0.2, 0) is 0 Å². The molecule has 2 aromatic rings. The number of nitrogens with zero attached hydrogens (tertiary/aromatic N) is 2. The number of anilines is 1. The van der Waals surface area contributed by atoms with Crippen LogP contribution < -0.4 is 5.32 Å². The lowest BCUT2D eigenvalue weighted by molar-refractivity contribution is 1.01. The SMILES string of the molecule is Clc1cccc(NCCSc2nncs2)c1. The third-order valence-electron chi connectivity index (χ3n) is 1.82. The smallest absolute Gasteiger partial charge is 0.174 e. The second-order valence-corrected chi connectivity index (χ2v) is 5.60. The maximum absolute atomic E-state index is 5.88. The third kappa shape index (κ3) is 3.66. The summed E-state index contributed by atoms with van der Waals surface area (Å²) >= 11 is 9.14. The summed E-state index contributed by atoms with van der Waals surface area (Å²) in [6.45, 7) is 0.880. The summed E-state index contributed by atoms with van der Waals surface area (Å²) in [5.74, 6) is 0.960. The fourth-order valence-electron chi connectivity index (χ4n) is 1.16. The predicted octanol–water partition coefficient (Wildman–Crippen LogP) is 3.40. The summed E-state index contributed by atoms with van der Waals surface area (Å²) in [5.41, 5.74) is 2.79. The Bertz CT molecular complexity index is 433. The van der Waals surface area contributed by atoms with Gasteiger partial charge in [-0.2, -0.15) is 0 Å². The van der Waals surface area contributed by atoms with E-state index in [2.05, 4.69) is 15.5 Å². The zero-order valence-electron chi connectivity index (χ0n) is 8.39. The van der Waals surface area contributed by atoms with Gasteiger partial charge in [-0.05, 0) is 18.2 Å². The van der Waals surface area contributed by atoms with Crippen molar-refractivity contribution in [2.45, 2.75) is 4.34 Å². The highest BCUT2D eigenvalue weighted by Crippen LogP contribution is 2.19. The Morgan fingerprint density at radius 1 is 1.44 bits per heavy atom. The standard InChI is InChI=1S/C10H10ClN3S2/c11-8-2-1-3-9(6-8)12-4-5-15-10-14-13-7-16-10/h1-3,6-7,12H,4-5H2. The van der Waals surface area contributed by atoms with E-state index in [1.165, 1.54) is 0 Å². The summed E-state index contributed by atoms with van der Waals surface area (Å²) < 4.78 is 1.01. The van der Waals surface area contributed by atoms with Gasteiger partial charge in [-0.1, -0.05) is 40.8 Å². The quantitative estimate of drug-likeness (QED) is 0.668. The van der Waals surface area contributed by atoms with E-state index in [1.807, 2.05) is 24.3 Å². The molecule has 0 fully saturated rings. The van der Waals surface area contributed by atoms with E-state index in [0.29, 0.717) is 0 Å². The van der Waals surface area contributed by atoms with Crippen molar-refractivity contribution >= 4 is 40.4 Å². The van der Waals surface area contributed by atoms with Crippen LogP contribution in [0.25, 0.3) is 0 Å². The van der Waals surface area contributed by atoms with Gasteiger partial charge in [-0.15, -0.1) is 10.2 Å². The highest BCUT2D eigenvalue weighted by molar-refractivity contribution is 8.01. The number of benzene rings is 1. The highest BCUT2D eigenvalue weighted by atomic mass is 35.5. The molecule has 2 rings (SSSR count). The van der Waals surface area contributed by atoms with Crippen molar-refractivity contribution in [1.82, 2.24) is 10.2 Å². The second-order valence-electron chi connectivity index (χ2n) is 2.99. The Kier molecular flexibility index (Phi) is 4.44. The monoisotopic (exact) mass is 271 g/mol.